The van der Waals surface area contributed by atoms with Crippen LogP contribution in [0.4, 0.5) is 0 Å². The molecule has 0 fully saturated rings. The van der Waals surface area contributed by atoms with Gasteiger partial charge in [0.15, 0.2) is 0 Å². The summed E-state index contributed by atoms with van der Waals surface area (Å²) in [7, 11) is -4.91. The molecule has 0 saturated heterocycles. The van der Waals surface area contributed by atoms with Crippen LogP contribution in [-0.4, -0.2) is 15.7 Å². The zero-order valence-corrected chi connectivity index (χ0v) is 22.6. The molecule has 0 amide bonds. The second kappa shape index (κ2) is 14.5. The first-order chi connectivity index (χ1) is 3.06. The minimum atomic E-state index is -4.91. The van der Waals surface area contributed by atoms with E-state index in [1.54, 1.807) is 0 Å². The molecule has 0 spiro atoms. The van der Waals surface area contributed by atoms with Crippen LogP contribution < -0.4 is 189 Å². The van der Waals surface area contributed by atoms with E-state index in [9.17, 15) is 14.4 Å². The Bertz CT molecular complexity index is 57.0. The third kappa shape index (κ3) is 23.4. The molecule has 0 heterocycles. The summed E-state index contributed by atoms with van der Waals surface area (Å²) in [5, 5.41) is 0. The standard InChI is InChI=1S/C2H5O4Si.3Rb/c1-2-6-7(3,4)5;;;/h2H2,1H3;;;/q-3;3*+1. The van der Waals surface area contributed by atoms with Crippen LogP contribution in [0.2, 0.25) is 0 Å². The van der Waals surface area contributed by atoms with E-state index in [0.29, 0.717) is 0 Å². The Balaban J connectivity index is -0.0000000600. The summed E-state index contributed by atoms with van der Waals surface area (Å²) in [6, 6.07) is 0. The van der Waals surface area contributed by atoms with Crippen LogP contribution in [0.25, 0.3) is 0 Å². The predicted octanol–water partition coefficient (Wildman–Crippen LogP) is -12.4. The molecule has 44 valence electrons. The van der Waals surface area contributed by atoms with Crippen molar-refractivity contribution >= 4 is 9.05 Å². The van der Waals surface area contributed by atoms with Gasteiger partial charge in [0.2, 0.25) is 0 Å². The first-order valence-corrected chi connectivity index (χ1v) is 3.45. The van der Waals surface area contributed by atoms with Crippen LogP contribution in [-0.2, 0) is 4.43 Å². The zero-order chi connectivity index (χ0) is 5.91. The maximum atomic E-state index is 9.51. The van der Waals surface area contributed by atoms with Crippen LogP contribution in [0, 0.1) is 0 Å². The Hall–Kier alpha value is 5.47. The van der Waals surface area contributed by atoms with Gasteiger partial charge in [-0.3, -0.25) is 0 Å². The summed E-state index contributed by atoms with van der Waals surface area (Å²) in [4.78, 5) is 28.5. The van der Waals surface area contributed by atoms with Crippen molar-refractivity contribution in [2.75, 3.05) is 6.61 Å². The third-order valence-electron chi connectivity index (χ3n) is 0.321. The van der Waals surface area contributed by atoms with Crippen LogP contribution in [0.1, 0.15) is 6.92 Å². The van der Waals surface area contributed by atoms with Gasteiger partial charge in [-0.2, -0.15) is 0 Å². The smallest absolute Gasteiger partial charge is 0.861 e. The van der Waals surface area contributed by atoms with Crippen molar-refractivity contribution < 1.29 is 193 Å². The van der Waals surface area contributed by atoms with E-state index < -0.39 is 9.05 Å². The minimum absolute atomic E-state index is 0. The molecule has 10 heavy (non-hydrogen) atoms. The molecule has 0 bridgehead atoms. The van der Waals surface area contributed by atoms with Crippen LogP contribution in [0.5, 0.6) is 0 Å². The van der Waals surface area contributed by atoms with Gasteiger partial charge in [0.1, 0.15) is 0 Å². The Morgan fingerprint density at radius 2 is 1.40 bits per heavy atom. The Labute approximate surface area is 208 Å². The van der Waals surface area contributed by atoms with Crippen molar-refractivity contribution in [3.63, 3.8) is 0 Å². The van der Waals surface area contributed by atoms with Crippen molar-refractivity contribution in [1.29, 1.82) is 0 Å². The fourth-order valence-electron chi connectivity index (χ4n) is 0.177. The SMILES string of the molecule is CCO[Si]([O-])([O-])[O-].[Rb+].[Rb+].[Rb+]. The predicted molar refractivity (Wildman–Crippen MR) is 17.4 cm³/mol. The van der Waals surface area contributed by atoms with E-state index in [1.807, 2.05) is 0 Å². The molecule has 0 aromatic rings. The Morgan fingerprint density at radius 1 is 1.10 bits per heavy atom. The van der Waals surface area contributed by atoms with Gasteiger partial charge in [0.25, 0.3) is 0 Å². The van der Waals surface area contributed by atoms with Gasteiger partial charge in [-0.1, -0.05) is 0 Å². The van der Waals surface area contributed by atoms with Gasteiger partial charge in [0, 0.05) is 6.61 Å². The number of hydrogen-bond donors (Lipinski definition) is 0. The first kappa shape index (κ1) is 24.6. The van der Waals surface area contributed by atoms with E-state index in [1.165, 1.54) is 6.92 Å². The minimum Gasteiger partial charge on any atom is -0.861 e. The monoisotopic (exact) mass is 376 g/mol. The molecule has 0 N–H and O–H groups in total. The molecule has 0 aliphatic heterocycles. The van der Waals surface area contributed by atoms with Crippen LogP contribution >= 0.6 is 0 Å². The molecule has 4 nitrogen and oxygen atoms in total. The summed E-state index contributed by atoms with van der Waals surface area (Å²) in [6.45, 7) is 1.37. The van der Waals surface area contributed by atoms with Crippen LogP contribution in [0.3, 0.4) is 0 Å². The van der Waals surface area contributed by atoms with Crippen molar-refractivity contribution in [2.45, 2.75) is 6.92 Å². The Kier molecular flexibility index (Phi) is 35.6. The van der Waals surface area contributed by atoms with Crippen molar-refractivity contribution in [1.82, 2.24) is 0 Å². The summed E-state index contributed by atoms with van der Waals surface area (Å²) in [5.74, 6) is 0. The molecule has 0 aromatic heterocycles. The number of rotatable bonds is 2. The molecule has 0 atom stereocenters. The van der Waals surface area contributed by atoms with Gasteiger partial charge in [-0.15, -0.1) is 9.05 Å². The van der Waals surface area contributed by atoms with Gasteiger partial charge >= 0.3 is 175 Å². The topological polar surface area (TPSA) is 78.4 Å². The largest absolute Gasteiger partial charge is 1.00 e. The third-order valence-corrected chi connectivity index (χ3v) is 0.963. The van der Waals surface area contributed by atoms with E-state index in [-0.39, 0.29) is 181 Å². The second-order valence-electron chi connectivity index (χ2n) is 0.933. The normalized spacial score (nSPS) is 8.40. The summed E-state index contributed by atoms with van der Waals surface area (Å²) in [5.41, 5.74) is 0. The summed E-state index contributed by atoms with van der Waals surface area (Å²) in [6.07, 6.45) is 0. The van der Waals surface area contributed by atoms with Crippen LogP contribution in [0.15, 0.2) is 0 Å². The maximum Gasteiger partial charge on any atom is 1.00 e. The molecular weight excluding hydrogens is 373 g/mol. The second-order valence-corrected chi connectivity index (χ2v) is 2.22. The van der Waals surface area contributed by atoms with Crippen molar-refractivity contribution in [3.05, 3.63) is 0 Å². The average Bonchev–Trinajstić information content (AvgIpc) is 1.30. The fourth-order valence-corrected chi connectivity index (χ4v) is 0.530. The van der Waals surface area contributed by atoms with Gasteiger partial charge in [-0.05, 0) is 6.92 Å². The molecule has 0 rings (SSSR count). The molecule has 8 heteroatoms. The molecular formula is C2H5O4Rb3Si. The molecule has 0 aliphatic rings. The summed E-state index contributed by atoms with van der Waals surface area (Å²) >= 11 is 0. The van der Waals surface area contributed by atoms with Crippen molar-refractivity contribution in [2.24, 2.45) is 0 Å². The van der Waals surface area contributed by atoms with E-state index in [0.717, 1.165) is 0 Å². The van der Waals surface area contributed by atoms with E-state index >= 15 is 0 Å². The van der Waals surface area contributed by atoms with Crippen molar-refractivity contribution in [3.8, 4) is 0 Å². The van der Waals surface area contributed by atoms with Gasteiger partial charge in [-0.25, -0.2) is 0 Å². The summed E-state index contributed by atoms with van der Waals surface area (Å²) < 4.78 is 3.70. The van der Waals surface area contributed by atoms with Gasteiger partial charge < -0.3 is 18.8 Å². The zero-order valence-electron chi connectivity index (χ0n) is 6.84. The fraction of sp³-hybridized carbons (Fsp3) is 1.00. The average molecular weight is 378 g/mol. The number of hydrogen-bond acceptors (Lipinski definition) is 4. The quantitative estimate of drug-likeness (QED) is 0.448. The van der Waals surface area contributed by atoms with Gasteiger partial charge in [0.05, 0.1) is 0 Å². The maximum absolute atomic E-state index is 9.51. The Morgan fingerprint density at radius 3 is 1.40 bits per heavy atom. The van der Waals surface area contributed by atoms with E-state index in [2.05, 4.69) is 4.43 Å². The molecule has 0 unspecified atom stereocenters. The first-order valence-electron chi connectivity index (χ1n) is 1.81. The molecule has 0 saturated carbocycles. The molecule has 0 aromatic carbocycles. The van der Waals surface area contributed by atoms with E-state index in [4.69, 9.17) is 0 Å². The molecule has 0 aliphatic carbocycles. The molecule has 0 radical (unpaired) electrons.